The Hall–Kier alpha value is -1.09. The van der Waals surface area contributed by atoms with Gasteiger partial charge in [-0.2, -0.15) is 0 Å². The molecule has 0 spiro atoms. The summed E-state index contributed by atoms with van der Waals surface area (Å²) < 4.78 is 13.1. The molecule has 1 N–H and O–H groups in total. The van der Waals surface area contributed by atoms with Gasteiger partial charge in [0.25, 0.3) is 0 Å². The van der Waals surface area contributed by atoms with Gasteiger partial charge in [-0.3, -0.25) is 0 Å². The molecule has 1 heterocycles. The zero-order valence-electron chi connectivity index (χ0n) is 12.2. The van der Waals surface area contributed by atoms with Crippen LogP contribution in [0.2, 0.25) is 0 Å². The minimum absolute atomic E-state index is 0.143. The molecule has 0 aromatic heterocycles. The van der Waals surface area contributed by atoms with Crippen LogP contribution in [0.1, 0.15) is 25.8 Å². The molecule has 0 radical (unpaired) electrons. The van der Waals surface area contributed by atoms with E-state index in [4.69, 9.17) is 0 Å². The average molecular weight is 264 g/mol. The van der Waals surface area contributed by atoms with Crippen LogP contribution in [0.25, 0.3) is 0 Å². The van der Waals surface area contributed by atoms with Gasteiger partial charge in [-0.05, 0) is 62.0 Å². The SMILES string of the molecule is Cc1cc(F)ccc1N1CCC(CNCC(C)C)C1. The predicted molar refractivity (Wildman–Crippen MR) is 79.2 cm³/mol. The molecule has 0 bridgehead atoms. The van der Waals surface area contributed by atoms with E-state index in [9.17, 15) is 4.39 Å². The third-order valence-electron chi connectivity index (χ3n) is 3.77. The number of benzene rings is 1. The molecule has 1 saturated heterocycles. The molecule has 106 valence electrons. The number of anilines is 1. The number of nitrogens with one attached hydrogen (secondary N) is 1. The standard InChI is InChI=1S/C16H25FN2/c1-12(2)9-18-10-14-6-7-19(11-14)16-5-4-15(17)8-13(16)3/h4-5,8,12,14,18H,6-7,9-11H2,1-3H3. The molecular formula is C16H25FN2. The lowest BCUT2D eigenvalue weighted by Gasteiger charge is -2.21. The minimum atomic E-state index is -0.143. The van der Waals surface area contributed by atoms with Crippen molar-refractivity contribution < 1.29 is 4.39 Å². The number of hydrogen-bond donors (Lipinski definition) is 1. The number of aryl methyl sites for hydroxylation is 1. The zero-order chi connectivity index (χ0) is 13.8. The van der Waals surface area contributed by atoms with Crippen LogP contribution in [-0.4, -0.2) is 26.2 Å². The summed E-state index contributed by atoms with van der Waals surface area (Å²) in [6.07, 6.45) is 1.22. The summed E-state index contributed by atoms with van der Waals surface area (Å²) in [5.74, 6) is 1.27. The Kier molecular flexibility index (Phi) is 4.81. The van der Waals surface area contributed by atoms with Gasteiger partial charge in [0.1, 0.15) is 5.82 Å². The van der Waals surface area contributed by atoms with Gasteiger partial charge in [-0.25, -0.2) is 4.39 Å². The van der Waals surface area contributed by atoms with Gasteiger partial charge >= 0.3 is 0 Å². The second-order valence-corrected chi connectivity index (χ2v) is 6.08. The van der Waals surface area contributed by atoms with Gasteiger partial charge in [-0.1, -0.05) is 13.8 Å². The Morgan fingerprint density at radius 2 is 2.21 bits per heavy atom. The lowest BCUT2D eigenvalue weighted by atomic mass is 10.1. The van der Waals surface area contributed by atoms with E-state index in [1.165, 1.54) is 12.1 Å². The molecule has 2 rings (SSSR count). The normalized spacial score (nSPS) is 19.4. The van der Waals surface area contributed by atoms with Crippen LogP contribution < -0.4 is 10.2 Å². The largest absolute Gasteiger partial charge is 0.371 e. The number of halogens is 1. The summed E-state index contributed by atoms with van der Waals surface area (Å²) in [6.45, 7) is 10.8. The van der Waals surface area contributed by atoms with Crippen LogP contribution in [0.3, 0.4) is 0 Å². The second kappa shape index (κ2) is 6.38. The third-order valence-corrected chi connectivity index (χ3v) is 3.77. The number of rotatable bonds is 5. The predicted octanol–water partition coefficient (Wildman–Crippen LogP) is 3.21. The van der Waals surface area contributed by atoms with Crippen molar-refractivity contribution in [1.82, 2.24) is 5.32 Å². The molecule has 1 aromatic carbocycles. The van der Waals surface area contributed by atoms with Gasteiger partial charge in [0.05, 0.1) is 0 Å². The molecular weight excluding hydrogens is 239 g/mol. The molecule has 1 aliphatic heterocycles. The molecule has 1 fully saturated rings. The summed E-state index contributed by atoms with van der Waals surface area (Å²) >= 11 is 0. The fraction of sp³-hybridized carbons (Fsp3) is 0.625. The van der Waals surface area contributed by atoms with Crippen LogP contribution in [0.15, 0.2) is 18.2 Å². The highest BCUT2D eigenvalue weighted by Crippen LogP contribution is 2.27. The van der Waals surface area contributed by atoms with Crippen molar-refractivity contribution in [1.29, 1.82) is 0 Å². The maximum absolute atomic E-state index is 13.1. The molecule has 1 aliphatic rings. The minimum Gasteiger partial charge on any atom is -0.371 e. The summed E-state index contributed by atoms with van der Waals surface area (Å²) in [7, 11) is 0. The van der Waals surface area contributed by atoms with Gasteiger partial charge in [-0.15, -0.1) is 0 Å². The van der Waals surface area contributed by atoms with Crippen LogP contribution in [-0.2, 0) is 0 Å². The molecule has 0 saturated carbocycles. The first-order valence-corrected chi connectivity index (χ1v) is 7.28. The summed E-state index contributed by atoms with van der Waals surface area (Å²) in [4.78, 5) is 2.39. The lowest BCUT2D eigenvalue weighted by Crippen LogP contribution is -2.28. The highest BCUT2D eigenvalue weighted by molar-refractivity contribution is 5.53. The van der Waals surface area contributed by atoms with E-state index in [1.807, 2.05) is 13.0 Å². The Balaban J connectivity index is 1.87. The molecule has 0 aliphatic carbocycles. The molecule has 0 amide bonds. The second-order valence-electron chi connectivity index (χ2n) is 6.08. The summed E-state index contributed by atoms with van der Waals surface area (Å²) in [6, 6.07) is 5.10. The van der Waals surface area contributed by atoms with E-state index in [0.717, 1.165) is 31.7 Å². The number of nitrogens with zero attached hydrogens (tertiary/aromatic N) is 1. The van der Waals surface area contributed by atoms with Crippen molar-refractivity contribution in [3.63, 3.8) is 0 Å². The first-order valence-electron chi connectivity index (χ1n) is 7.28. The molecule has 19 heavy (non-hydrogen) atoms. The Bertz CT molecular complexity index is 417. The van der Waals surface area contributed by atoms with Crippen molar-refractivity contribution in [3.8, 4) is 0 Å². The van der Waals surface area contributed by atoms with Crippen LogP contribution in [0, 0.1) is 24.6 Å². The zero-order valence-corrected chi connectivity index (χ0v) is 12.2. The molecule has 1 aromatic rings. The van der Waals surface area contributed by atoms with Crippen LogP contribution >= 0.6 is 0 Å². The van der Waals surface area contributed by atoms with Gasteiger partial charge in [0.15, 0.2) is 0 Å². The van der Waals surface area contributed by atoms with Gasteiger partial charge in [0.2, 0.25) is 0 Å². The molecule has 3 heteroatoms. The monoisotopic (exact) mass is 264 g/mol. The van der Waals surface area contributed by atoms with E-state index in [-0.39, 0.29) is 5.82 Å². The first kappa shape index (κ1) is 14.3. The first-order chi connectivity index (χ1) is 9.06. The Labute approximate surface area is 116 Å². The van der Waals surface area contributed by atoms with Crippen molar-refractivity contribution in [3.05, 3.63) is 29.6 Å². The maximum Gasteiger partial charge on any atom is 0.123 e. The fourth-order valence-corrected chi connectivity index (χ4v) is 2.77. The highest BCUT2D eigenvalue weighted by atomic mass is 19.1. The smallest absolute Gasteiger partial charge is 0.123 e. The Morgan fingerprint density at radius 3 is 2.89 bits per heavy atom. The topological polar surface area (TPSA) is 15.3 Å². The lowest BCUT2D eigenvalue weighted by molar-refractivity contribution is 0.477. The number of hydrogen-bond acceptors (Lipinski definition) is 2. The van der Waals surface area contributed by atoms with Gasteiger partial charge < -0.3 is 10.2 Å². The van der Waals surface area contributed by atoms with E-state index < -0.39 is 0 Å². The van der Waals surface area contributed by atoms with Crippen LogP contribution in [0.5, 0.6) is 0 Å². The van der Waals surface area contributed by atoms with Crippen LogP contribution in [0.4, 0.5) is 10.1 Å². The van der Waals surface area contributed by atoms with Crippen molar-refractivity contribution in [2.75, 3.05) is 31.1 Å². The fourth-order valence-electron chi connectivity index (χ4n) is 2.77. The molecule has 2 nitrogen and oxygen atoms in total. The van der Waals surface area contributed by atoms with Gasteiger partial charge in [0, 0.05) is 18.8 Å². The van der Waals surface area contributed by atoms with E-state index in [1.54, 1.807) is 12.1 Å². The van der Waals surface area contributed by atoms with Crippen molar-refractivity contribution in [2.24, 2.45) is 11.8 Å². The molecule has 1 atom stereocenters. The van der Waals surface area contributed by atoms with Crippen molar-refractivity contribution in [2.45, 2.75) is 27.2 Å². The average Bonchev–Trinajstić information content (AvgIpc) is 2.77. The molecule has 1 unspecified atom stereocenters. The highest BCUT2D eigenvalue weighted by Gasteiger charge is 2.23. The Morgan fingerprint density at radius 1 is 1.42 bits per heavy atom. The summed E-state index contributed by atoms with van der Waals surface area (Å²) in [5, 5.41) is 3.54. The summed E-state index contributed by atoms with van der Waals surface area (Å²) in [5.41, 5.74) is 2.23. The maximum atomic E-state index is 13.1. The van der Waals surface area contributed by atoms with E-state index in [2.05, 4.69) is 24.1 Å². The third kappa shape index (κ3) is 3.93. The van der Waals surface area contributed by atoms with E-state index in [0.29, 0.717) is 11.8 Å². The van der Waals surface area contributed by atoms with E-state index >= 15 is 0 Å². The van der Waals surface area contributed by atoms with Crippen molar-refractivity contribution >= 4 is 5.69 Å². The quantitative estimate of drug-likeness (QED) is 0.878.